The number of halogens is 1. The lowest BCUT2D eigenvalue weighted by Gasteiger charge is -2.21. The normalized spacial score (nSPS) is 18.2. The molecule has 1 unspecified atom stereocenters. The van der Waals surface area contributed by atoms with E-state index in [1.807, 2.05) is 0 Å². The van der Waals surface area contributed by atoms with Crippen LogP contribution < -0.4 is 4.74 Å². The van der Waals surface area contributed by atoms with E-state index >= 15 is 0 Å². The maximum absolute atomic E-state index is 13.3. The van der Waals surface area contributed by atoms with Gasteiger partial charge in [0.15, 0.2) is 11.6 Å². The molecule has 0 heterocycles. The number of hydrogen-bond donors (Lipinski definition) is 1. The molecule has 0 radical (unpaired) electrons. The van der Waals surface area contributed by atoms with Crippen molar-refractivity contribution in [3.63, 3.8) is 0 Å². The highest BCUT2D eigenvalue weighted by Crippen LogP contribution is 2.31. The first-order valence-corrected chi connectivity index (χ1v) is 6.29. The third kappa shape index (κ3) is 3.19. The zero-order valence-electron chi connectivity index (χ0n) is 9.94. The second-order valence-electron chi connectivity index (χ2n) is 4.73. The van der Waals surface area contributed by atoms with Crippen LogP contribution in [0.4, 0.5) is 4.39 Å². The Hall–Kier alpha value is -1.09. The molecule has 2 rings (SSSR count). The van der Waals surface area contributed by atoms with Crippen LogP contribution in [0.1, 0.15) is 25.7 Å². The zero-order valence-corrected chi connectivity index (χ0v) is 9.94. The predicted molar refractivity (Wildman–Crippen MR) is 64.4 cm³/mol. The lowest BCUT2D eigenvalue weighted by molar-refractivity contribution is 0.117. The average molecular weight is 238 g/mol. The summed E-state index contributed by atoms with van der Waals surface area (Å²) in [6, 6.07) is 6.40. The smallest absolute Gasteiger partial charge is 0.165 e. The first-order chi connectivity index (χ1) is 8.31. The van der Waals surface area contributed by atoms with E-state index in [4.69, 9.17) is 4.74 Å². The van der Waals surface area contributed by atoms with E-state index in [1.165, 1.54) is 18.9 Å². The van der Waals surface area contributed by atoms with Crippen LogP contribution in [-0.2, 0) is 0 Å². The summed E-state index contributed by atoms with van der Waals surface area (Å²) in [5.41, 5.74) is 0. The quantitative estimate of drug-likeness (QED) is 0.854. The maximum atomic E-state index is 13.3. The van der Waals surface area contributed by atoms with Crippen molar-refractivity contribution in [2.75, 3.05) is 13.2 Å². The first kappa shape index (κ1) is 12.4. The monoisotopic (exact) mass is 238 g/mol. The lowest BCUT2D eigenvalue weighted by Crippen LogP contribution is -2.23. The summed E-state index contributed by atoms with van der Waals surface area (Å²) in [5.74, 6) is 0.614. The number of benzene rings is 1. The molecule has 1 aromatic rings. The van der Waals surface area contributed by atoms with Gasteiger partial charge in [-0.25, -0.2) is 4.39 Å². The number of para-hydroxylation sites is 1. The Morgan fingerprint density at radius 3 is 2.65 bits per heavy atom. The van der Waals surface area contributed by atoms with Gasteiger partial charge >= 0.3 is 0 Å². The van der Waals surface area contributed by atoms with E-state index in [1.54, 1.807) is 18.2 Å². The van der Waals surface area contributed by atoms with Crippen molar-refractivity contribution in [2.45, 2.75) is 25.7 Å². The Bertz CT molecular complexity index is 348. The summed E-state index contributed by atoms with van der Waals surface area (Å²) < 4.78 is 18.8. The van der Waals surface area contributed by atoms with Gasteiger partial charge in [-0.3, -0.25) is 0 Å². The van der Waals surface area contributed by atoms with E-state index in [-0.39, 0.29) is 24.1 Å². The fraction of sp³-hybridized carbons (Fsp3) is 0.571. The van der Waals surface area contributed by atoms with Gasteiger partial charge in [0, 0.05) is 12.5 Å². The van der Waals surface area contributed by atoms with Gasteiger partial charge in [-0.15, -0.1) is 0 Å². The van der Waals surface area contributed by atoms with E-state index in [9.17, 15) is 9.50 Å². The second kappa shape index (κ2) is 6.01. The summed E-state index contributed by atoms with van der Waals surface area (Å²) >= 11 is 0. The van der Waals surface area contributed by atoms with Crippen LogP contribution in [0.25, 0.3) is 0 Å². The number of rotatable bonds is 5. The molecule has 3 heteroatoms. The van der Waals surface area contributed by atoms with Crippen LogP contribution in [0.3, 0.4) is 0 Å². The number of aliphatic hydroxyl groups excluding tert-OH is 1. The van der Waals surface area contributed by atoms with Crippen LogP contribution in [0.2, 0.25) is 0 Å². The van der Waals surface area contributed by atoms with Gasteiger partial charge in [0.2, 0.25) is 0 Å². The Kier molecular flexibility index (Phi) is 4.37. The molecule has 0 amide bonds. The van der Waals surface area contributed by atoms with E-state index in [0.29, 0.717) is 12.5 Å². The minimum atomic E-state index is -0.337. The van der Waals surface area contributed by atoms with Crippen molar-refractivity contribution in [3.05, 3.63) is 30.1 Å². The zero-order chi connectivity index (χ0) is 12.1. The molecule has 1 aliphatic carbocycles. The Morgan fingerprint density at radius 1 is 1.29 bits per heavy atom. The van der Waals surface area contributed by atoms with Crippen LogP contribution in [0, 0.1) is 17.7 Å². The van der Waals surface area contributed by atoms with E-state index < -0.39 is 0 Å². The van der Waals surface area contributed by atoms with Crippen molar-refractivity contribution < 1.29 is 14.2 Å². The highest BCUT2D eigenvalue weighted by atomic mass is 19.1. The third-order valence-corrected chi connectivity index (χ3v) is 3.59. The summed E-state index contributed by atoms with van der Waals surface area (Å²) in [6.07, 6.45) is 4.79. The van der Waals surface area contributed by atoms with Crippen molar-refractivity contribution in [1.82, 2.24) is 0 Å². The van der Waals surface area contributed by atoms with Crippen molar-refractivity contribution in [3.8, 4) is 5.75 Å². The molecule has 1 N–H and O–H groups in total. The SMILES string of the molecule is OCC(COc1ccccc1F)C1CCCC1. The highest BCUT2D eigenvalue weighted by Gasteiger charge is 2.25. The van der Waals surface area contributed by atoms with Crippen LogP contribution in [0.15, 0.2) is 24.3 Å². The predicted octanol–water partition coefficient (Wildman–Crippen LogP) is 3.00. The summed E-state index contributed by atoms with van der Waals surface area (Å²) in [7, 11) is 0. The van der Waals surface area contributed by atoms with Crippen molar-refractivity contribution >= 4 is 0 Å². The first-order valence-electron chi connectivity index (χ1n) is 6.29. The molecular weight excluding hydrogens is 219 g/mol. The van der Waals surface area contributed by atoms with Crippen LogP contribution in [0.5, 0.6) is 5.75 Å². The summed E-state index contributed by atoms with van der Waals surface area (Å²) in [4.78, 5) is 0. The Balaban J connectivity index is 1.89. The minimum absolute atomic E-state index is 0.124. The molecule has 1 saturated carbocycles. The van der Waals surface area contributed by atoms with Gasteiger partial charge in [-0.05, 0) is 30.9 Å². The summed E-state index contributed by atoms with van der Waals surface area (Å²) in [6.45, 7) is 0.529. The number of hydrogen-bond acceptors (Lipinski definition) is 2. The average Bonchev–Trinajstić information content (AvgIpc) is 2.86. The fourth-order valence-corrected chi connectivity index (χ4v) is 2.53. The molecule has 0 bridgehead atoms. The number of aliphatic hydroxyl groups is 1. The van der Waals surface area contributed by atoms with Gasteiger partial charge in [0.25, 0.3) is 0 Å². The van der Waals surface area contributed by atoms with Gasteiger partial charge in [-0.2, -0.15) is 0 Å². The minimum Gasteiger partial charge on any atom is -0.490 e. The molecule has 0 aliphatic heterocycles. The molecule has 1 fully saturated rings. The van der Waals surface area contributed by atoms with Gasteiger partial charge in [0.1, 0.15) is 0 Å². The summed E-state index contributed by atoms with van der Waals surface area (Å²) in [5, 5.41) is 9.36. The number of ether oxygens (including phenoxy) is 1. The Morgan fingerprint density at radius 2 is 2.00 bits per heavy atom. The molecule has 1 atom stereocenters. The molecular formula is C14H19FO2. The largest absolute Gasteiger partial charge is 0.490 e. The molecule has 0 spiro atoms. The molecule has 0 aromatic heterocycles. The van der Waals surface area contributed by atoms with Gasteiger partial charge in [-0.1, -0.05) is 25.0 Å². The molecule has 94 valence electrons. The van der Waals surface area contributed by atoms with Gasteiger partial charge < -0.3 is 9.84 Å². The Labute approximate surface area is 101 Å². The molecule has 0 saturated heterocycles. The molecule has 1 aromatic carbocycles. The molecule has 2 nitrogen and oxygen atoms in total. The molecule has 17 heavy (non-hydrogen) atoms. The fourth-order valence-electron chi connectivity index (χ4n) is 2.53. The van der Waals surface area contributed by atoms with Crippen molar-refractivity contribution in [1.29, 1.82) is 0 Å². The standard InChI is InChI=1S/C14H19FO2/c15-13-7-3-4-8-14(13)17-10-12(9-16)11-5-1-2-6-11/h3-4,7-8,11-12,16H,1-2,5-6,9-10H2. The van der Waals surface area contributed by atoms with E-state index in [0.717, 1.165) is 12.8 Å². The van der Waals surface area contributed by atoms with Gasteiger partial charge in [0.05, 0.1) is 6.61 Å². The van der Waals surface area contributed by atoms with Crippen molar-refractivity contribution in [2.24, 2.45) is 11.8 Å². The van der Waals surface area contributed by atoms with E-state index in [2.05, 4.69) is 0 Å². The highest BCUT2D eigenvalue weighted by molar-refractivity contribution is 5.23. The lowest BCUT2D eigenvalue weighted by atomic mass is 9.92. The second-order valence-corrected chi connectivity index (χ2v) is 4.73. The van der Waals surface area contributed by atoms with Crippen LogP contribution in [-0.4, -0.2) is 18.3 Å². The third-order valence-electron chi connectivity index (χ3n) is 3.59. The van der Waals surface area contributed by atoms with Crippen LogP contribution >= 0.6 is 0 Å². The molecule has 1 aliphatic rings. The topological polar surface area (TPSA) is 29.5 Å². The maximum Gasteiger partial charge on any atom is 0.165 e.